The number of rotatable bonds is 3. The van der Waals surface area contributed by atoms with E-state index < -0.39 is 0 Å². The van der Waals surface area contributed by atoms with E-state index in [9.17, 15) is 0 Å². The predicted molar refractivity (Wildman–Crippen MR) is 111 cm³/mol. The van der Waals surface area contributed by atoms with Crippen molar-refractivity contribution in [2.75, 3.05) is 0 Å². The minimum atomic E-state index is 0.541. The molecule has 0 aromatic carbocycles. The highest BCUT2D eigenvalue weighted by atomic mass is 31.1. The molecule has 0 amide bonds. The van der Waals surface area contributed by atoms with Gasteiger partial charge in [0.15, 0.2) is 0 Å². The van der Waals surface area contributed by atoms with Crippen LogP contribution < -0.4 is 0 Å². The summed E-state index contributed by atoms with van der Waals surface area (Å²) < 4.78 is 0. The zero-order valence-electron chi connectivity index (χ0n) is 15.8. The molecular weight excluding hydrogens is 345 g/mol. The Morgan fingerprint density at radius 2 is 0.667 bits per heavy atom. The lowest BCUT2D eigenvalue weighted by molar-refractivity contribution is 0.499. The summed E-state index contributed by atoms with van der Waals surface area (Å²) in [5, 5.41) is 5.68. The molecule has 0 aliphatic heterocycles. The van der Waals surface area contributed by atoms with Gasteiger partial charge in [0, 0.05) is 31.3 Å². The molecule has 132 valence electrons. The second-order valence-corrected chi connectivity index (χ2v) is 14.0. The average Bonchev–Trinajstić information content (AvgIpc) is 3.31. The Hall–Kier alpha value is 0.510. The van der Waals surface area contributed by atoms with Gasteiger partial charge in [-0.05, 0) is 38.5 Å². The van der Waals surface area contributed by atoms with Gasteiger partial charge < -0.3 is 0 Å². The molecule has 0 unspecified atom stereocenters. The maximum atomic E-state index is 2.60. The molecule has 1 aromatic rings. The number of hydrogen-bond donors (Lipinski definition) is 0. The summed E-state index contributed by atoms with van der Waals surface area (Å²) in [7, 11) is 5.01. The lowest BCUT2D eigenvalue weighted by atomic mass is 9.91. The molecule has 0 saturated heterocycles. The lowest BCUT2D eigenvalue weighted by Crippen LogP contribution is -2.19. The van der Waals surface area contributed by atoms with E-state index in [1.807, 2.05) is 15.1 Å². The van der Waals surface area contributed by atoms with Crippen LogP contribution in [0.25, 0.3) is 0 Å². The van der Waals surface area contributed by atoms with Gasteiger partial charge in [-0.1, -0.05) is 83.9 Å². The normalized spacial score (nSPS) is 28.6. The van der Waals surface area contributed by atoms with Crippen molar-refractivity contribution in [1.29, 1.82) is 0 Å². The van der Waals surface area contributed by atoms with E-state index in [-0.39, 0.29) is 0 Å². The molecule has 4 rings (SSSR count). The molecule has 1 aromatic heterocycles. The van der Waals surface area contributed by atoms with Crippen molar-refractivity contribution in [3.8, 4) is 0 Å². The zero-order chi connectivity index (χ0) is 16.8. The van der Waals surface area contributed by atoms with Crippen molar-refractivity contribution in [2.45, 2.75) is 114 Å². The Morgan fingerprint density at radius 3 is 0.875 bits per heavy atom. The van der Waals surface area contributed by atoms with Gasteiger partial charge in [-0.3, -0.25) is 0 Å². The fraction of sp³-hybridized carbons (Fsp3) is 0.857. The summed E-state index contributed by atoms with van der Waals surface area (Å²) in [6, 6.07) is 0. The molecule has 1 heterocycles. The first-order valence-corrected chi connectivity index (χ1v) is 12.9. The van der Waals surface area contributed by atoms with E-state index in [1.165, 1.54) is 77.0 Å². The molecule has 0 radical (unpaired) electrons. The van der Waals surface area contributed by atoms with Crippen LogP contribution in [0, 0.1) is 0 Å². The van der Waals surface area contributed by atoms with Gasteiger partial charge in [-0.25, -0.2) is 0 Å². The molecule has 3 heteroatoms. The van der Waals surface area contributed by atoms with Crippen LogP contribution in [0.15, 0.2) is 0 Å². The van der Waals surface area contributed by atoms with Crippen LogP contribution in [0.3, 0.4) is 0 Å². The summed E-state index contributed by atoms with van der Waals surface area (Å²) in [5.74, 6) is 0. The minimum absolute atomic E-state index is 0.541. The maximum Gasteiger partial charge on any atom is 0.0138 e. The third-order valence-electron chi connectivity index (χ3n) is 7.38. The molecule has 3 saturated carbocycles. The topological polar surface area (TPSA) is 0 Å². The maximum absolute atomic E-state index is 2.60. The molecule has 24 heavy (non-hydrogen) atoms. The van der Waals surface area contributed by atoms with Gasteiger partial charge in [0.1, 0.15) is 0 Å². The van der Waals surface area contributed by atoms with Crippen molar-refractivity contribution < 1.29 is 0 Å². The molecule has 3 aliphatic carbocycles. The predicted octanol–water partition coefficient (Wildman–Crippen LogP) is 8.92. The van der Waals surface area contributed by atoms with Crippen LogP contribution in [-0.2, 0) is 16.2 Å². The Balaban J connectivity index is 1.81. The first kappa shape index (κ1) is 17.9. The monoisotopic (exact) mass is 378 g/mol. The second-order valence-electron chi connectivity index (χ2n) is 9.61. The van der Waals surface area contributed by atoms with Gasteiger partial charge in [0.25, 0.3) is 0 Å². The van der Waals surface area contributed by atoms with E-state index in [2.05, 4.69) is 20.8 Å². The van der Waals surface area contributed by atoms with Crippen molar-refractivity contribution in [2.24, 2.45) is 0 Å². The lowest BCUT2D eigenvalue weighted by Gasteiger charge is -2.32. The number of hydrogen-bond acceptors (Lipinski definition) is 0. The van der Waals surface area contributed by atoms with Crippen molar-refractivity contribution >= 4 is 24.6 Å². The van der Waals surface area contributed by atoms with E-state index in [0.717, 1.165) is 0 Å². The van der Waals surface area contributed by atoms with E-state index in [1.54, 1.807) is 24.6 Å². The fourth-order valence-corrected chi connectivity index (χ4v) is 12.0. The Morgan fingerprint density at radius 1 is 0.458 bits per heavy atom. The highest BCUT2D eigenvalue weighted by Gasteiger charge is 2.39. The summed E-state index contributed by atoms with van der Waals surface area (Å²) in [6.45, 7) is 7.79. The smallest absolute Gasteiger partial charge is 0.0138 e. The van der Waals surface area contributed by atoms with E-state index in [4.69, 9.17) is 0 Å². The Labute approximate surface area is 153 Å². The molecule has 0 atom stereocenters. The van der Waals surface area contributed by atoms with Gasteiger partial charge in [-0.2, -0.15) is 0 Å². The van der Waals surface area contributed by atoms with E-state index >= 15 is 0 Å². The third-order valence-corrected chi connectivity index (χ3v) is 13.7. The van der Waals surface area contributed by atoms with Crippen LogP contribution >= 0.6 is 24.6 Å². The van der Waals surface area contributed by atoms with Crippen LogP contribution in [0.2, 0.25) is 0 Å². The summed E-state index contributed by atoms with van der Waals surface area (Å²) in [5.41, 5.74) is 1.62. The Kier molecular flexibility index (Phi) is 4.92. The summed E-state index contributed by atoms with van der Waals surface area (Å²) >= 11 is 0. The molecule has 0 bridgehead atoms. The largest absolute Gasteiger partial charge is 0.0581 e. The minimum Gasteiger partial charge on any atom is -0.0581 e. The van der Waals surface area contributed by atoms with Gasteiger partial charge in [0.2, 0.25) is 0 Å². The van der Waals surface area contributed by atoms with Crippen molar-refractivity contribution in [3.05, 3.63) is 15.1 Å². The molecule has 0 N–H and O–H groups in total. The van der Waals surface area contributed by atoms with Crippen LogP contribution in [-0.4, -0.2) is 0 Å². The second kappa shape index (κ2) is 6.59. The summed E-state index contributed by atoms with van der Waals surface area (Å²) in [4.78, 5) is 0. The first-order chi connectivity index (χ1) is 11.4. The molecule has 0 nitrogen and oxygen atoms in total. The van der Waals surface area contributed by atoms with Crippen LogP contribution in [0.1, 0.15) is 113 Å². The summed E-state index contributed by atoms with van der Waals surface area (Å²) in [6.07, 6.45) is 17.5. The molecule has 3 aliphatic rings. The molecule has 0 spiro atoms. The standard InChI is InChI=1S/C21H33P3/c1-19(10-4-5-11-19)16-22-17(20(2)12-6-7-13-20)24-18(23-16)21(3)14-8-9-15-21/h4-15H2,1-3H3. The van der Waals surface area contributed by atoms with Gasteiger partial charge in [-0.15, -0.1) is 0 Å². The quantitative estimate of drug-likeness (QED) is 0.492. The third kappa shape index (κ3) is 3.15. The SMILES string of the molecule is CC1(c2pc(C3(C)CCCC3)pc(C3(C)CCCC3)p2)CCCC1. The van der Waals surface area contributed by atoms with Gasteiger partial charge in [0.05, 0.1) is 0 Å². The van der Waals surface area contributed by atoms with Crippen LogP contribution in [0.4, 0.5) is 0 Å². The Bertz CT molecular complexity index is 505. The fourth-order valence-electron chi connectivity index (χ4n) is 5.32. The average molecular weight is 378 g/mol. The molecular formula is C21H33P3. The highest BCUT2D eigenvalue weighted by Crippen LogP contribution is 2.60. The van der Waals surface area contributed by atoms with Crippen LogP contribution in [0.5, 0.6) is 0 Å². The van der Waals surface area contributed by atoms with Crippen molar-refractivity contribution in [3.63, 3.8) is 0 Å². The van der Waals surface area contributed by atoms with Gasteiger partial charge >= 0.3 is 0 Å². The first-order valence-electron chi connectivity index (χ1n) is 10.2. The molecule has 3 fully saturated rings. The van der Waals surface area contributed by atoms with Crippen molar-refractivity contribution in [1.82, 2.24) is 0 Å². The highest BCUT2D eigenvalue weighted by molar-refractivity contribution is 7.61. The van der Waals surface area contributed by atoms with E-state index in [0.29, 0.717) is 16.2 Å². The zero-order valence-corrected chi connectivity index (χ0v) is 18.5.